The highest BCUT2D eigenvalue weighted by molar-refractivity contribution is 7.11. The Labute approximate surface area is 81.8 Å². The van der Waals surface area contributed by atoms with Gasteiger partial charge in [-0.05, 0) is 13.8 Å². The number of aryl methyl sites for hydroxylation is 2. The Bertz CT molecular complexity index is 298. The van der Waals surface area contributed by atoms with Crippen LogP contribution in [0.3, 0.4) is 0 Å². The van der Waals surface area contributed by atoms with Crippen LogP contribution in [0.5, 0.6) is 0 Å². The number of aromatic nitrogens is 1. The minimum absolute atomic E-state index is 0.531. The molecule has 2 heterocycles. The van der Waals surface area contributed by atoms with Crippen molar-refractivity contribution in [3.05, 3.63) is 15.6 Å². The Morgan fingerprint density at radius 3 is 2.62 bits per heavy atom. The zero-order valence-electron chi connectivity index (χ0n) is 7.92. The van der Waals surface area contributed by atoms with Gasteiger partial charge in [0.25, 0.3) is 0 Å². The zero-order valence-corrected chi connectivity index (χ0v) is 8.74. The molecule has 2 rings (SSSR count). The Balaban J connectivity index is 2.09. The van der Waals surface area contributed by atoms with E-state index in [4.69, 9.17) is 0 Å². The second-order valence-corrected chi connectivity index (χ2v) is 5.04. The Kier molecular flexibility index (Phi) is 2.14. The first-order chi connectivity index (χ1) is 6.09. The van der Waals surface area contributed by atoms with Crippen LogP contribution >= 0.6 is 11.3 Å². The summed E-state index contributed by atoms with van der Waals surface area (Å²) in [5.41, 5.74) is 0.562. The molecule has 0 bridgehead atoms. The molecule has 0 aromatic carbocycles. The summed E-state index contributed by atoms with van der Waals surface area (Å²) in [5, 5.41) is 14.0. The van der Waals surface area contributed by atoms with Crippen molar-refractivity contribution >= 4 is 11.3 Å². The maximum absolute atomic E-state index is 9.87. The molecule has 0 radical (unpaired) electrons. The average Bonchev–Trinajstić information content (AvgIpc) is 2.28. The van der Waals surface area contributed by atoms with Crippen molar-refractivity contribution in [1.82, 2.24) is 10.3 Å². The van der Waals surface area contributed by atoms with Crippen LogP contribution in [-0.4, -0.2) is 28.8 Å². The first-order valence-electron chi connectivity index (χ1n) is 4.45. The molecule has 13 heavy (non-hydrogen) atoms. The maximum atomic E-state index is 9.87. The van der Waals surface area contributed by atoms with Gasteiger partial charge in [-0.1, -0.05) is 0 Å². The quantitative estimate of drug-likeness (QED) is 0.733. The highest BCUT2D eigenvalue weighted by atomic mass is 32.1. The van der Waals surface area contributed by atoms with E-state index in [1.165, 1.54) is 4.88 Å². The molecule has 1 aliphatic rings. The van der Waals surface area contributed by atoms with Gasteiger partial charge in [0.1, 0.15) is 0 Å². The molecule has 0 amide bonds. The Hall–Kier alpha value is -0.450. The van der Waals surface area contributed by atoms with Crippen LogP contribution in [0.2, 0.25) is 0 Å². The van der Waals surface area contributed by atoms with Gasteiger partial charge in [-0.3, -0.25) is 0 Å². The van der Waals surface area contributed by atoms with Gasteiger partial charge in [0.15, 0.2) is 0 Å². The first kappa shape index (κ1) is 9.12. The summed E-state index contributed by atoms with van der Waals surface area (Å²) in [6, 6.07) is 0. The van der Waals surface area contributed by atoms with E-state index in [0.29, 0.717) is 19.5 Å². The summed E-state index contributed by atoms with van der Waals surface area (Å²) < 4.78 is 0. The van der Waals surface area contributed by atoms with E-state index in [0.717, 1.165) is 10.7 Å². The molecule has 2 N–H and O–H groups in total. The Morgan fingerprint density at radius 1 is 1.54 bits per heavy atom. The number of β-amino-alcohol motifs (C(OH)–C–C–N with tert-alkyl or cyclic N) is 1. The van der Waals surface area contributed by atoms with Crippen molar-refractivity contribution < 1.29 is 5.11 Å². The Morgan fingerprint density at radius 2 is 2.23 bits per heavy atom. The van der Waals surface area contributed by atoms with Crippen LogP contribution in [0.25, 0.3) is 0 Å². The van der Waals surface area contributed by atoms with Crippen LogP contribution in [0, 0.1) is 13.8 Å². The van der Waals surface area contributed by atoms with E-state index in [1.807, 2.05) is 6.92 Å². The summed E-state index contributed by atoms with van der Waals surface area (Å²) in [7, 11) is 0. The third-order valence-corrected chi connectivity index (χ3v) is 3.53. The van der Waals surface area contributed by atoms with Crippen LogP contribution in [0.4, 0.5) is 0 Å². The lowest BCUT2D eigenvalue weighted by Gasteiger charge is -2.36. The van der Waals surface area contributed by atoms with Gasteiger partial charge in [0.2, 0.25) is 0 Å². The van der Waals surface area contributed by atoms with Crippen molar-refractivity contribution in [3.8, 4) is 0 Å². The summed E-state index contributed by atoms with van der Waals surface area (Å²) in [5.74, 6) is 0. The monoisotopic (exact) mass is 198 g/mol. The second-order valence-electron chi connectivity index (χ2n) is 3.75. The first-order valence-corrected chi connectivity index (χ1v) is 5.27. The van der Waals surface area contributed by atoms with E-state index in [-0.39, 0.29) is 0 Å². The smallest absolute Gasteiger partial charge is 0.0960 e. The SMILES string of the molecule is Cc1nc(CC2(O)CNC2)sc1C. The molecule has 1 fully saturated rings. The minimum atomic E-state index is -0.531. The molecule has 1 aromatic rings. The number of rotatable bonds is 2. The largest absolute Gasteiger partial charge is 0.387 e. The molecule has 0 saturated carbocycles. The van der Waals surface area contributed by atoms with Crippen LogP contribution < -0.4 is 5.32 Å². The predicted octanol–water partition coefficient (Wildman–Crippen LogP) is 0.637. The van der Waals surface area contributed by atoms with E-state index in [1.54, 1.807) is 11.3 Å². The highest BCUT2D eigenvalue weighted by Gasteiger charge is 2.35. The lowest BCUT2D eigenvalue weighted by Crippen LogP contribution is -2.60. The molecule has 1 aromatic heterocycles. The van der Waals surface area contributed by atoms with Crippen molar-refractivity contribution in [1.29, 1.82) is 0 Å². The van der Waals surface area contributed by atoms with Gasteiger partial charge in [-0.25, -0.2) is 4.98 Å². The molecule has 0 aliphatic carbocycles. The van der Waals surface area contributed by atoms with Gasteiger partial charge in [-0.15, -0.1) is 11.3 Å². The second kappa shape index (κ2) is 3.04. The predicted molar refractivity (Wildman–Crippen MR) is 53.1 cm³/mol. The maximum Gasteiger partial charge on any atom is 0.0960 e. The number of hydrogen-bond acceptors (Lipinski definition) is 4. The molecular weight excluding hydrogens is 184 g/mol. The molecule has 0 unspecified atom stereocenters. The van der Waals surface area contributed by atoms with Gasteiger partial charge in [-0.2, -0.15) is 0 Å². The normalized spacial score (nSPS) is 19.9. The third kappa shape index (κ3) is 1.75. The van der Waals surface area contributed by atoms with Gasteiger partial charge < -0.3 is 10.4 Å². The number of thiazole rings is 1. The number of nitrogens with zero attached hydrogens (tertiary/aromatic N) is 1. The van der Waals surface area contributed by atoms with Gasteiger partial charge >= 0.3 is 0 Å². The van der Waals surface area contributed by atoms with Crippen molar-refractivity contribution in [3.63, 3.8) is 0 Å². The minimum Gasteiger partial charge on any atom is -0.387 e. The molecule has 0 spiro atoms. The van der Waals surface area contributed by atoms with Crippen LogP contribution in [0.15, 0.2) is 0 Å². The molecular formula is C9H14N2OS. The number of aliphatic hydroxyl groups is 1. The molecule has 4 heteroatoms. The third-order valence-electron chi connectivity index (χ3n) is 2.46. The molecule has 1 saturated heterocycles. The van der Waals surface area contributed by atoms with Crippen molar-refractivity contribution in [2.75, 3.05) is 13.1 Å². The van der Waals surface area contributed by atoms with Crippen LogP contribution in [-0.2, 0) is 6.42 Å². The van der Waals surface area contributed by atoms with Gasteiger partial charge in [0, 0.05) is 24.4 Å². The molecule has 72 valence electrons. The zero-order chi connectivity index (χ0) is 9.47. The van der Waals surface area contributed by atoms with Crippen molar-refractivity contribution in [2.24, 2.45) is 0 Å². The summed E-state index contributed by atoms with van der Waals surface area (Å²) in [6.07, 6.45) is 0.694. The molecule has 0 atom stereocenters. The summed E-state index contributed by atoms with van der Waals surface area (Å²) >= 11 is 1.69. The van der Waals surface area contributed by atoms with E-state index in [2.05, 4.69) is 17.2 Å². The fraction of sp³-hybridized carbons (Fsp3) is 0.667. The number of nitrogens with one attached hydrogen (secondary N) is 1. The fourth-order valence-electron chi connectivity index (χ4n) is 1.43. The summed E-state index contributed by atoms with van der Waals surface area (Å²) in [4.78, 5) is 5.66. The average molecular weight is 198 g/mol. The fourth-order valence-corrected chi connectivity index (χ4v) is 2.51. The molecule has 1 aliphatic heterocycles. The van der Waals surface area contributed by atoms with E-state index < -0.39 is 5.60 Å². The van der Waals surface area contributed by atoms with Crippen molar-refractivity contribution in [2.45, 2.75) is 25.9 Å². The van der Waals surface area contributed by atoms with E-state index in [9.17, 15) is 5.11 Å². The standard InChI is InChI=1S/C9H14N2OS/c1-6-7(2)13-8(11-6)3-9(12)4-10-5-9/h10,12H,3-5H2,1-2H3. The lowest BCUT2D eigenvalue weighted by atomic mass is 9.94. The molecule has 3 nitrogen and oxygen atoms in total. The van der Waals surface area contributed by atoms with Crippen LogP contribution in [0.1, 0.15) is 15.6 Å². The lowest BCUT2D eigenvalue weighted by molar-refractivity contribution is -0.00906. The number of hydrogen-bond donors (Lipinski definition) is 2. The van der Waals surface area contributed by atoms with Gasteiger partial charge in [0.05, 0.1) is 16.3 Å². The topological polar surface area (TPSA) is 45.2 Å². The summed E-state index contributed by atoms with van der Waals surface area (Å²) in [6.45, 7) is 5.48. The highest BCUT2D eigenvalue weighted by Crippen LogP contribution is 2.23. The van der Waals surface area contributed by atoms with E-state index >= 15 is 0 Å².